The third-order valence-corrected chi connectivity index (χ3v) is 4.22. The van der Waals surface area contributed by atoms with Gasteiger partial charge in [0.05, 0.1) is 17.9 Å². The summed E-state index contributed by atoms with van der Waals surface area (Å²) in [5, 5.41) is 2.84. The molecule has 0 aliphatic heterocycles. The number of esters is 1. The molecule has 0 spiro atoms. The first-order valence-electron chi connectivity index (χ1n) is 9.89. The number of aliphatic imine (C=N–C) groups is 1. The van der Waals surface area contributed by atoms with E-state index in [0.29, 0.717) is 24.2 Å². The van der Waals surface area contributed by atoms with E-state index in [1.807, 2.05) is 24.3 Å². The van der Waals surface area contributed by atoms with Crippen molar-refractivity contribution in [2.75, 3.05) is 13.2 Å². The van der Waals surface area contributed by atoms with Crippen molar-refractivity contribution >= 4 is 29.6 Å². The van der Waals surface area contributed by atoms with Gasteiger partial charge in [0.2, 0.25) is 5.91 Å². The number of amides is 1. The van der Waals surface area contributed by atoms with Gasteiger partial charge >= 0.3 is 5.97 Å². The van der Waals surface area contributed by atoms with Gasteiger partial charge < -0.3 is 21.5 Å². The Balaban J connectivity index is 1.77. The van der Waals surface area contributed by atoms with Crippen LogP contribution in [0.5, 0.6) is 0 Å². The second-order valence-corrected chi connectivity index (χ2v) is 6.69. The summed E-state index contributed by atoms with van der Waals surface area (Å²) in [6.45, 7) is 3.04. The summed E-state index contributed by atoms with van der Waals surface area (Å²) in [6, 6.07) is 14.3. The van der Waals surface area contributed by atoms with Crippen molar-refractivity contribution in [3.63, 3.8) is 0 Å². The molecule has 0 saturated carbocycles. The van der Waals surface area contributed by atoms with Crippen LogP contribution in [-0.2, 0) is 16.0 Å². The fourth-order valence-electron chi connectivity index (χ4n) is 2.58. The summed E-state index contributed by atoms with van der Waals surface area (Å²) < 4.78 is 5.32. The Hall–Kier alpha value is -3.61. The Morgan fingerprint density at radius 3 is 2.40 bits per heavy atom. The maximum atomic E-state index is 12.1. The van der Waals surface area contributed by atoms with Gasteiger partial charge in [-0.3, -0.25) is 4.79 Å². The second kappa shape index (κ2) is 12.1. The Kier molecular flexibility index (Phi) is 9.12. The quantitative estimate of drug-likeness (QED) is 0.184. The van der Waals surface area contributed by atoms with Crippen LogP contribution in [0.4, 0.5) is 5.69 Å². The molecule has 2 aromatic carbocycles. The molecule has 0 fully saturated rings. The largest absolute Gasteiger partial charge is 0.462 e. The molecular formula is C23H28N4O3. The smallest absolute Gasteiger partial charge is 0.338 e. The molecule has 7 heteroatoms. The highest BCUT2D eigenvalue weighted by atomic mass is 16.5. The number of hydrogen-bond donors (Lipinski definition) is 3. The molecule has 0 aromatic heterocycles. The molecule has 0 atom stereocenters. The van der Waals surface area contributed by atoms with Gasteiger partial charge in [-0.15, -0.1) is 0 Å². The van der Waals surface area contributed by atoms with Gasteiger partial charge in [0, 0.05) is 19.0 Å². The number of nitrogens with two attached hydrogens (primary N) is 2. The zero-order chi connectivity index (χ0) is 21.8. The highest BCUT2D eigenvalue weighted by molar-refractivity contribution is 5.91. The first-order chi connectivity index (χ1) is 14.5. The third kappa shape index (κ3) is 8.18. The number of ether oxygens (including phenoxy) is 1. The van der Waals surface area contributed by atoms with Gasteiger partial charge in [-0.1, -0.05) is 37.6 Å². The molecule has 2 rings (SSSR count). The number of rotatable bonds is 10. The van der Waals surface area contributed by atoms with E-state index in [-0.39, 0.29) is 18.5 Å². The van der Waals surface area contributed by atoms with E-state index in [2.05, 4.69) is 17.2 Å². The Bertz CT molecular complexity index is 884. The van der Waals surface area contributed by atoms with Gasteiger partial charge in [0.1, 0.15) is 0 Å². The number of nitrogens with one attached hydrogen (secondary N) is 1. The minimum Gasteiger partial charge on any atom is -0.462 e. The number of unbranched alkanes of at least 4 members (excludes halogenated alkanes) is 1. The maximum absolute atomic E-state index is 12.1. The Morgan fingerprint density at radius 2 is 1.77 bits per heavy atom. The lowest BCUT2D eigenvalue weighted by Crippen LogP contribution is -2.21. The zero-order valence-electron chi connectivity index (χ0n) is 17.1. The number of nitrogens with zero attached hydrogens (tertiary/aromatic N) is 1. The predicted octanol–water partition coefficient (Wildman–Crippen LogP) is 2.92. The molecule has 7 nitrogen and oxygen atoms in total. The van der Waals surface area contributed by atoms with E-state index in [9.17, 15) is 9.59 Å². The van der Waals surface area contributed by atoms with E-state index >= 15 is 0 Å². The molecule has 0 aliphatic carbocycles. The Labute approximate surface area is 176 Å². The van der Waals surface area contributed by atoms with Crippen LogP contribution in [0.3, 0.4) is 0 Å². The highest BCUT2D eigenvalue weighted by Gasteiger charge is 2.07. The number of hydrogen-bond acceptors (Lipinski definition) is 4. The molecule has 5 N–H and O–H groups in total. The molecule has 158 valence electrons. The molecule has 0 unspecified atom stereocenters. The van der Waals surface area contributed by atoms with Gasteiger partial charge in [-0.2, -0.15) is 0 Å². The van der Waals surface area contributed by atoms with Crippen LogP contribution in [0.1, 0.15) is 41.3 Å². The molecule has 0 bridgehead atoms. The lowest BCUT2D eigenvalue weighted by molar-refractivity contribution is -0.116. The minimum atomic E-state index is -0.403. The fraction of sp³-hybridized carbons (Fsp3) is 0.261. The van der Waals surface area contributed by atoms with Gasteiger partial charge in [0.25, 0.3) is 0 Å². The third-order valence-electron chi connectivity index (χ3n) is 4.22. The molecule has 0 aliphatic rings. The lowest BCUT2D eigenvalue weighted by atomic mass is 10.1. The van der Waals surface area contributed by atoms with Crippen molar-refractivity contribution < 1.29 is 14.3 Å². The average molecular weight is 409 g/mol. The fourth-order valence-corrected chi connectivity index (χ4v) is 2.58. The van der Waals surface area contributed by atoms with Crippen LogP contribution in [0.15, 0.2) is 59.6 Å². The average Bonchev–Trinajstić information content (AvgIpc) is 2.73. The normalized spacial score (nSPS) is 10.6. The topological polar surface area (TPSA) is 120 Å². The summed E-state index contributed by atoms with van der Waals surface area (Å²) >= 11 is 0. The summed E-state index contributed by atoms with van der Waals surface area (Å²) in [6.07, 6.45) is 5.93. The molecule has 0 heterocycles. The van der Waals surface area contributed by atoms with Crippen molar-refractivity contribution in [2.24, 2.45) is 16.5 Å². The SMILES string of the molecule is CCCCNC(=O)C=Cc1ccc(CCOC(=O)c2ccc(N=C(N)N)cc2)cc1. The van der Waals surface area contributed by atoms with Crippen molar-refractivity contribution in [2.45, 2.75) is 26.2 Å². The van der Waals surface area contributed by atoms with E-state index < -0.39 is 5.97 Å². The minimum absolute atomic E-state index is 0.0397. The number of carbonyl (C=O) groups excluding carboxylic acids is 2. The lowest BCUT2D eigenvalue weighted by Gasteiger charge is -2.06. The molecule has 0 radical (unpaired) electrons. The number of carbonyl (C=O) groups is 2. The molecular weight excluding hydrogens is 380 g/mol. The summed E-state index contributed by atoms with van der Waals surface area (Å²) in [7, 11) is 0. The molecule has 2 aromatic rings. The summed E-state index contributed by atoms with van der Waals surface area (Å²) in [4.78, 5) is 27.7. The van der Waals surface area contributed by atoms with Crippen LogP contribution < -0.4 is 16.8 Å². The summed E-state index contributed by atoms with van der Waals surface area (Å²) in [5.74, 6) is -0.535. The number of benzene rings is 2. The first-order valence-corrected chi connectivity index (χ1v) is 9.89. The molecule has 30 heavy (non-hydrogen) atoms. The van der Waals surface area contributed by atoms with E-state index in [1.54, 1.807) is 30.3 Å². The maximum Gasteiger partial charge on any atom is 0.338 e. The van der Waals surface area contributed by atoms with Gasteiger partial charge in [-0.25, -0.2) is 9.79 Å². The van der Waals surface area contributed by atoms with Crippen molar-refractivity contribution in [1.29, 1.82) is 0 Å². The monoisotopic (exact) mass is 408 g/mol. The van der Waals surface area contributed by atoms with Crippen molar-refractivity contribution in [3.05, 3.63) is 71.3 Å². The molecule has 1 amide bonds. The second-order valence-electron chi connectivity index (χ2n) is 6.69. The highest BCUT2D eigenvalue weighted by Crippen LogP contribution is 2.14. The van der Waals surface area contributed by atoms with Crippen LogP contribution in [0.25, 0.3) is 6.08 Å². The zero-order valence-corrected chi connectivity index (χ0v) is 17.1. The van der Waals surface area contributed by atoms with Crippen LogP contribution >= 0.6 is 0 Å². The molecule has 0 saturated heterocycles. The number of guanidine groups is 1. The van der Waals surface area contributed by atoms with E-state index in [0.717, 1.165) is 24.0 Å². The van der Waals surface area contributed by atoms with Crippen molar-refractivity contribution in [1.82, 2.24) is 5.32 Å². The first kappa shape index (κ1) is 22.7. The van der Waals surface area contributed by atoms with Crippen LogP contribution in [0, 0.1) is 0 Å². The van der Waals surface area contributed by atoms with Crippen LogP contribution in [0.2, 0.25) is 0 Å². The van der Waals surface area contributed by atoms with E-state index in [1.165, 1.54) is 6.08 Å². The Morgan fingerprint density at radius 1 is 1.07 bits per heavy atom. The predicted molar refractivity (Wildman–Crippen MR) is 119 cm³/mol. The van der Waals surface area contributed by atoms with Crippen LogP contribution in [-0.4, -0.2) is 31.0 Å². The van der Waals surface area contributed by atoms with E-state index in [4.69, 9.17) is 16.2 Å². The standard InChI is InChI=1S/C23H28N4O3/c1-2-3-15-26-21(28)13-8-17-4-6-18(7-5-17)14-16-30-22(29)19-9-11-20(12-10-19)27-23(24)25/h4-13H,2-3,14-16H2,1H3,(H,26,28)(H4,24,25,27). The summed E-state index contributed by atoms with van der Waals surface area (Å²) in [5.41, 5.74) is 13.6. The van der Waals surface area contributed by atoms with Gasteiger partial charge in [0.15, 0.2) is 5.96 Å². The van der Waals surface area contributed by atoms with Gasteiger partial charge in [-0.05, 0) is 47.9 Å². The van der Waals surface area contributed by atoms with Crippen molar-refractivity contribution in [3.8, 4) is 0 Å².